The van der Waals surface area contributed by atoms with E-state index < -0.39 is 0 Å². The average molecular weight is 242 g/mol. The van der Waals surface area contributed by atoms with Crippen LogP contribution in [0.2, 0.25) is 0 Å². The fourth-order valence-electron chi connectivity index (χ4n) is 2.23. The van der Waals surface area contributed by atoms with Crippen molar-refractivity contribution in [2.24, 2.45) is 5.92 Å². The summed E-state index contributed by atoms with van der Waals surface area (Å²) in [4.78, 5) is 14.2. The van der Waals surface area contributed by atoms with Crippen LogP contribution in [0.3, 0.4) is 0 Å². The zero-order valence-corrected chi connectivity index (χ0v) is 11.3. The van der Waals surface area contributed by atoms with Gasteiger partial charge >= 0.3 is 0 Å². The zero-order valence-electron chi connectivity index (χ0n) is 11.3. The van der Waals surface area contributed by atoms with Crippen LogP contribution < -0.4 is 5.32 Å². The maximum Gasteiger partial charge on any atom is 0.237 e. The molecule has 1 rings (SSSR count). The molecule has 3 unspecified atom stereocenters. The Kier molecular flexibility index (Phi) is 5.92. The van der Waals surface area contributed by atoms with Crippen molar-refractivity contribution < 1.29 is 9.90 Å². The molecule has 1 fully saturated rings. The van der Waals surface area contributed by atoms with Gasteiger partial charge in [-0.25, -0.2) is 0 Å². The number of aliphatic hydroxyl groups excluding tert-OH is 1. The van der Waals surface area contributed by atoms with Crippen molar-refractivity contribution in [2.45, 2.75) is 52.1 Å². The summed E-state index contributed by atoms with van der Waals surface area (Å²) in [5.41, 5.74) is 0. The van der Waals surface area contributed by atoms with Gasteiger partial charge in [-0.3, -0.25) is 9.69 Å². The van der Waals surface area contributed by atoms with Gasteiger partial charge in [-0.05, 0) is 45.6 Å². The highest BCUT2D eigenvalue weighted by Crippen LogP contribution is 2.18. The molecular formula is C13H26N2O2. The van der Waals surface area contributed by atoms with Crippen molar-refractivity contribution >= 4 is 5.91 Å². The van der Waals surface area contributed by atoms with E-state index in [1.807, 2.05) is 13.8 Å². The van der Waals surface area contributed by atoms with Gasteiger partial charge in [0, 0.05) is 19.2 Å². The Balaban J connectivity index is 2.45. The second kappa shape index (κ2) is 6.97. The molecule has 0 aliphatic carbocycles. The van der Waals surface area contributed by atoms with Crippen molar-refractivity contribution in [3.05, 3.63) is 0 Å². The highest BCUT2D eigenvalue weighted by atomic mass is 16.3. The second-order valence-corrected chi connectivity index (χ2v) is 5.18. The van der Waals surface area contributed by atoms with Gasteiger partial charge in [0.25, 0.3) is 0 Å². The third-order valence-electron chi connectivity index (χ3n) is 3.74. The predicted octanol–water partition coefficient (Wildman–Crippen LogP) is 0.994. The van der Waals surface area contributed by atoms with E-state index >= 15 is 0 Å². The summed E-state index contributed by atoms with van der Waals surface area (Å²) in [6.07, 6.45) is 3.11. The van der Waals surface area contributed by atoms with E-state index in [2.05, 4.69) is 17.1 Å². The van der Waals surface area contributed by atoms with E-state index in [0.717, 1.165) is 32.4 Å². The molecule has 2 N–H and O–H groups in total. The lowest BCUT2D eigenvalue weighted by atomic mass is 9.97. The Hall–Kier alpha value is -0.610. The normalized spacial score (nSPS) is 25.3. The highest BCUT2D eigenvalue weighted by Gasteiger charge is 2.27. The number of amides is 1. The van der Waals surface area contributed by atoms with Crippen LogP contribution in [-0.2, 0) is 4.79 Å². The first-order valence-corrected chi connectivity index (χ1v) is 6.73. The van der Waals surface area contributed by atoms with Crippen LogP contribution in [0.25, 0.3) is 0 Å². The molecule has 1 aliphatic rings. The third-order valence-corrected chi connectivity index (χ3v) is 3.74. The summed E-state index contributed by atoms with van der Waals surface area (Å²) in [7, 11) is 0. The van der Waals surface area contributed by atoms with E-state index in [4.69, 9.17) is 0 Å². The predicted molar refractivity (Wildman–Crippen MR) is 68.7 cm³/mol. The van der Waals surface area contributed by atoms with Crippen LogP contribution in [0.15, 0.2) is 0 Å². The van der Waals surface area contributed by atoms with E-state index in [0.29, 0.717) is 5.92 Å². The summed E-state index contributed by atoms with van der Waals surface area (Å²) in [5.74, 6) is 0.445. The van der Waals surface area contributed by atoms with Gasteiger partial charge in [0.15, 0.2) is 0 Å². The molecule has 0 radical (unpaired) electrons. The molecule has 0 saturated carbocycles. The number of aliphatic hydroxyl groups is 1. The summed E-state index contributed by atoms with van der Waals surface area (Å²) in [6.45, 7) is 8.08. The number of hydrogen-bond acceptors (Lipinski definition) is 3. The number of carbonyl (C=O) groups is 1. The van der Waals surface area contributed by atoms with Crippen molar-refractivity contribution in [3.8, 4) is 0 Å². The lowest BCUT2D eigenvalue weighted by molar-refractivity contribution is -0.127. The maximum absolute atomic E-state index is 12.0. The fourth-order valence-corrected chi connectivity index (χ4v) is 2.23. The smallest absolute Gasteiger partial charge is 0.237 e. The number of likely N-dealkylation sites (tertiary alicyclic amines) is 1. The molecule has 0 bridgehead atoms. The van der Waals surface area contributed by atoms with Crippen molar-refractivity contribution in [3.63, 3.8) is 0 Å². The molecular weight excluding hydrogens is 216 g/mol. The quantitative estimate of drug-likeness (QED) is 0.756. The lowest BCUT2D eigenvalue weighted by Crippen LogP contribution is -2.51. The van der Waals surface area contributed by atoms with Crippen LogP contribution in [0.5, 0.6) is 0 Å². The molecule has 1 heterocycles. The Morgan fingerprint density at radius 3 is 2.82 bits per heavy atom. The minimum absolute atomic E-state index is 0.0849. The molecule has 17 heavy (non-hydrogen) atoms. The van der Waals surface area contributed by atoms with Gasteiger partial charge < -0.3 is 10.4 Å². The molecule has 1 amide bonds. The van der Waals surface area contributed by atoms with Crippen LogP contribution in [-0.4, -0.2) is 47.7 Å². The second-order valence-electron chi connectivity index (χ2n) is 5.18. The minimum Gasteiger partial charge on any atom is -0.396 e. The minimum atomic E-state index is -0.0849. The topological polar surface area (TPSA) is 52.6 Å². The molecule has 3 atom stereocenters. The first-order valence-electron chi connectivity index (χ1n) is 6.73. The van der Waals surface area contributed by atoms with E-state index in [1.165, 1.54) is 0 Å². The van der Waals surface area contributed by atoms with Gasteiger partial charge in [-0.15, -0.1) is 0 Å². The Morgan fingerprint density at radius 1 is 1.53 bits per heavy atom. The molecule has 4 nitrogen and oxygen atoms in total. The Morgan fingerprint density at radius 2 is 2.24 bits per heavy atom. The number of piperidine rings is 1. The van der Waals surface area contributed by atoms with Crippen LogP contribution in [0.4, 0.5) is 0 Å². The van der Waals surface area contributed by atoms with Crippen molar-refractivity contribution in [1.82, 2.24) is 10.2 Å². The Bertz CT molecular complexity index is 246. The Labute approximate surface area is 104 Å². The molecule has 0 spiro atoms. The largest absolute Gasteiger partial charge is 0.396 e. The van der Waals surface area contributed by atoms with Gasteiger partial charge in [-0.2, -0.15) is 0 Å². The number of carbonyl (C=O) groups excluding carboxylic acids is 1. The molecule has 0 aromatic rings. The van der Waals surface area contributed by atoms with Crippen LogP contribution in [0.1, 0.15) is 40.0 Å². The van der Waals surface area contributed by atoms with Crippen LogP contribution in [0, 0.1) is 5.92 Å². The SMILES string of the molecule is CCC(C)NC(=O)C(C)N1CCCC(CO)C1. The molecule has 1 saturated heterocycles. The first kappa shape index (κ1) is 14.5. The number of hydrogen-bond donors (Lipinski definition) is 2. The monoisotopic (exact) mass is 242 g/mol. The summed E-state index contributed by atoms with van der Waals surface area (Å²) >= 11 is 0. The van der Waals surface area contributed by atoms with Gasteiger partial charge in [0.05, 0.1) is 6.04 Å². The molecule has 0 aromatic carbocycles. The highest BCUT2D eigenvalue weighted by molar-refractivity contribution is 5.81. The molecule has 100 valence electrons. The summed E-state index contributed by atoms with van der Waals surface area (Å²) in [5, 5.41) is 12.2. The third kappa shape index (κ3) is 4.28. The van der Waals surface area contributed by atoms with Crippen molar-refractivity contribution in [1.29, 1.82) is 0 Å². The van der Waals surface area contributed by atoms with Gasteiger partial charge in [0.2, 0.25) is 5.91 Å². The van der Waals surface area contributed by atoms with Crippen molar-refractivity contribution in [2.75, 3.05) is 19.7 Å². The summed E-state index contributed by atoms with van der Waals surface area (Å²) in [6, 6.07) is 0.154. The first-order chi connectivity index (χ1) is 8.08. The van der Waals surface area contributed by atoms with E-state index in [-0.39, 0.29) is 24.6 Å². The maximum atomic E-state index is 12.0. The van der Waals surface area contributed by atoms with E-state index in [9.17, 15) is 9.90 Å². The van der Waals surface area contributed by atoms with Crippen LogP contribution >= 0.6 is 0 Å². The van der Waals surface area contributed by atoms with E-state index in [1.54, 1.807) is 0 Å². The zero-order chi connectivity index (χ0) is 12.8. The molecule has 4 heteroatoms. The molecule has 0 aromatic heterocycles. The number of nitrogens with zero attached hydrogens (tertiary/aromatic N) is 1. The number of nitrogens with one attached hydrogen (secondary N) is 1. The standard InChI is InChI=1S/C13H26N2O2/c1-4-10(2)14-13(17)11(3)15-7-5-6-12(8-15)9-16/h10-12,16H,4-9H2,1-3H3,(H,14,17). The number of rotatable bonds is 5. The van der Waals surface area contributed by atoms with Gasteiger partial charge in [0.1, 0.15) is 0 Å². The molecule has 1 aliphatic heterocycles. The summed E-state index contributed by atoms with van der Waals surface area (Å²) < 4.78 is 0. The average Bonchev–Trinajstić information content (AvgIpc) is 2.37. The lowest BCUT2D eigenvalue weighted by Gasteiger charge is -2.35. The fraction of sp³-hybridized carbons (Fsp3) is 0.923. The van der Waals surface area contributed by atoms with Gasteiger partial charge in [-0.1, -0.05) is 6.92 Å².